The zero-order valence-corrected chi connectivity index (χ0v) is 15.4. The second-order valence-corrected chi connectivity index (χ2v) is 9.26. The Hall–Kier alpha value is -1.96. The monoisotopic (exact) mass is 373 g/mol. The minimum atomic E-state index is -0.833. The van der Waals surface area contributed by atoms with Gasteiger partial charge in [0.25, 0.3) is 0 Å². The third-order valence-electron chi connectivity index (χ3n) is 7.29. The minimum Gasteiger partial charge on any atom is -0.480 e. The molecule has 5 aliphatic rings. The Morgan fingerprint density at radius 3 is 2.44 bits per heavy atom. The highest BCUT2D eigenvalue weighted by Gasteiger charge is 2.54. The van der Waals surface area contributed by atoms with Crippen LogP contribution in [0.4, 0.5) is 0 Å². The van der Waals surface area contributed by atoms with Crippen LogP contribution in [-0.2, 0) is 16.1 Å². The molecule has 2 atom stereocenters. The molecule has 3 N–H and O–H groups in total. The first-order chi connectivity index (χ1) is 13.0. The molecule has 1 aromatic rings. The predicted octanol–water partition coefficient (Wildman–Crippen LogP) is 1.10. The molecular weight excluding hydrogens is 346 g/mol. The van der Waals surface area contributed by atoms with E-state index in [-0.39, 0.29) is 17.4 Å². The maximum absolute atomic E-state index is 13.0. The van der Waals surface area contributed by atoms with Crippen LogP contribution in [0.5, 0.6) is 0 Å². The molecule has 0 unspecified atom stereocenters. The summed E-state index contributed by atoms with van der Waals surface area (Å²) in [6, 6.07) is -0.537. The maximum atomic E-state index is 13.0. The molecule has 0 spiro atoms. The molecule has 8 nitrogen and oxygen atoms in total. The Bertz CT molecular complexity index is 725. The molecule has 1 aliphatic heterocycles. The lowest BCUT2D eigenvalue weighted by molar-refractivity contribution is -0.146. The van der Waals surface area contributed by atoms with Crippen molar-refractivity contribution in [3.63, 3.8) is 0 Å². The Morgan fingerprint density at radius 2 is 1.85 bits per heavy atom. The second-order valence-electron chi connectivity index (χ2n) is 9.26. The van der Waals surface area contributed by atoms with E-state index in [2.05, 4.69) is 20.9 Å². The molecule has 146 valence electrons. The van der Waals surface area contributed by atoms with E-state index >= 15 is 0 Å². The lowest BCUT2D eigenvalue weighted by Gasteiger charge is -2.55. The summed E-state index contributed by atoms with van der Waals surface area (Å²) >= 11 is 0. The van der Waals surface area contributed by atoms with Gasteiger partial charge >= 0.3 is 5.97 Å². The molecule has 0 radical (unpaired) electrons. The van der Waals surface area contributed by atoms with Crippen molar-refractivity contribution in [2.75, 3.05) is 6.54 Å². The highest BCUT2D eigenvalue weighted by Crippen LogP contribution is 2.60. The number of hydrogen-bond donors (Lipinski definition) is 3. The fraction of sp³-hybridized carbons (Fsp3) is 0.789. The molecule has 6 rings (SSSR count). The fourth-order valence-corrected chi connectivity index (χ4v) is 6.43. The first-order valence-electron chi connectivity index (χ1n) is 10.2. The molecule has 5 fully saturated rings. The van der Waals surface area contributed by atoms with Crippen molar-refractivity contribution in [2.24, 2.45) is 23.2 Å². The minimum absolute atomic E-state index is 0.00814. The lowest BCUT2D eigenvalue weighted by atomic mass is 9.49. The molecule has 27 heavy (non-hydrogen) atoms. The number of nitrogens with one attached hydrogen (secondary N) is 2. The van der Waals surface area contributed by atoms with E-state index in [1.807, 2.05) is 6.20 Å². The van der Waals surface area contributed by atoms with Gasteiger partial charge < -0.3 is 15.7 Å². The number of carboxylic acids is 1. The van der Waals surface area contributed by atoms with Gasteiger partial charge in [0.05, 0.1) is 18.8 Å². The van der Waals surface area contributed by atoms with E-state index in [0.717, 1.165) is 42.7 Å². The first-order valence-corrected chi connectivity index (χ1v) is 10.2. The maximum Gasteiger partial charge on any atom is 0.320 e. The van der Waals surface area contributed by atoms with Crippen LogP contribution in [0.25, 0.3) is 0 Å². The normalized spacial score (nSPS) is 39.6. The van der Waals surface area contributed by atoms with Gasteiger partial charge in [0.2, 0.25) is 5.91 Å². The largest absolute Gasteiger partial charge is 0.480 e. The molecule has 1 amide bonds. The van der Waals surface area contributed by atoms with Crippen LogP contribution >= 0.6 is 0 Å². The smallest absolute Gasteiger partial charge is 0.320 e. The quantitative estimate of drug-likeness (QED) is 0.713. The van der Waals surface area contributed by atoms with E-state index < -0.39 is 12.0 Å². The molecule has 1 aromatic heterocycles. The third-order valence-corrected chi connectivity index (χ3v) is 7.29. The highest BCUT2D eigenvalue weighted by molar-refractivity contribution is 5.83. The van der Waals surface area contributed by atoms with Crippen LogP contribution < -0.4 is 10.6 Å². The number of amides is 1. The molecule has 4 aliphatic carbocycles. The van der Waals surface area contributed by atoms with Gasteiger partial charge in [0, 0.05) is 12.0 Å². The summed E-state index contributed by atoms with van der Waals surface area (Å²) in [7, 11) is 0. The van der Waals surface area contributed by atoms with Crippen molar-refractivity contribution in [1.82, 2.24) is 25.6 Å². The first kappa shape index (κ1) is 17.2. The second kappa shape index (κ2) is 6.29. The number of nitrogens with zero attached hydrogens (tertiary/aromatic N) is 3. The van der Waals surface area contributed by atoms with Gasteiger partial charge in [-0.25, -0.2) is 4.68 Å². The third kappa shape index (κ3) is 3.03. The summed E-state index contributed by atoms with van der Waals surface area (Å²) in [6.07, 6.45) is 9.48. The van der Waals surface area contributed by atoms with Crippen LogP contribution in [0.15, 0.2) is 6.20 Å². The van der Waals surface area contributed by atoms with E-state index in [1.165, 1.54) is 19.3 Å². The molecule has 4 saturated carbocycles. The Balaban J connectivity index is 1.20. The Labute approximate surface area is 158 Å². The lowest BCUT2D eigenvalue weighted by Crippen LogP contribution is -2.53. The van der Waals surface area contributed by atoms with Crippen LogP contribution in [0, 0.1) is 23.2 Å². The van der Waals surface area contributed by atoms with Gasteiger partial charge in [-0.2, -0.15) is 0 Å². The average Bonchev–Trinajstić information content (AvgIpc) is 3.27. The van der Waals surface area contributed by atoms with Crippen molar-refractivity contribution >= 4 is 11.9 Å². The van der Waals surface area contributed by atoms with Gasteiger partial charge in [-0.3, -0.25) is 9.59 Å². The van der Waals surface area contributed by atoms with Crippen molar-refractivity contribution in [3.05, 3.63) is 11.9 Å². The van der Waals surface area contributed by atoms with E-state index in [0.29, 0.717) is 19.5 Å². The molecule has 0 aromatic carbocycles. The molecule has 8 heteroatoms. The Morgan fingerprint density at radius 1 is 1.19 bits per heavy atom. The summed E-state index contributed by atoms with van der Waals surface area (Å²) in [5.74, 6) is 1.62. The number of aliphatic carboxylic acids is 1. The number of hydrogen-bond acceptors (Lipinski definition) is 5. The van der Waals surface area contributed by atoms with Crippen molar-refractivity contribution in [3.8, 4) is 0 Å². The number of rotatable bonds is 5. The summed E-state index contributed by atoms with van der Waals surface area (Å²) in [6.45, 7) is 0.961. The molecule has 1 saturated heterocycles. The van der Waals surface area contributed by atoms with Crippen molar-refractivity contribution in [2.45, 2.75) is 63.6 Å². The number of carbonyl (C=O) groups is 2. The SMILES string of the molecule is O=C(O)[C@@H]1C[C@H](n2cc(CNC(=O)C34CC5CC(CC(C5)C3)C4)nn2)CN1. The summed E-state index contributed by atoms with van der Waals surface area (Å²) in [5.41, 5.74) is 0.585. The van der Waals surface area contributed by atoms with Crippen LogP contribution in [0.3, 0.4) is 0 Å². The van der Waals surface area contributed by atoms with E-state index in [1.54, 1.807) is 4.68 Å². The summed E-state index contributed by atoms with van der Waals surface area (Å²) in [5, 5.41) is 23.5. The standard InChI is InChI=1S/C19H27N5O3/c25-17(26)16-4-15(9-20-16)24-10-14(22-23-24)8-21-18(27)19-5-11-1-12(6-19)3-13(2-11)7-19/h10-13,15-16,20H,1-9H2,(H,21,27)(H,25,26)/t11?,12?,13?,15-,16-,19?/m0/s1. The predicted molar refractivity (Wildman–Crippen MR) is 95.6 cm³/mol. The van der Waals surface area contributed by atoms with Crippen molar-refractivity contribution in [1.29, 1.82) is 0 Å². The number of carboxylic acid groups (broad SMARTS) is 1. The number of aromatic nitrogens is 3. The van der Waals surface area contributed by atoms with Crippen LogP contribution in [0.1, 0.15) is 56.7 Å². The van der Waals surface area contributed by atoms with Gasteiger partial charge in [0.1, 0.15) is 11.7 Å². The van der Waals surface area contributed by atoms with Gasteiger partial charge in [-0.15, -0.1) is 5.10 Å². The number of carbonyl (C=O) groups excluding carboxylic acids is 1. The fourth-order valence-electron chi connectivity index (χ4n) is 6.43. The average molecular weight is 373 g/mol. The van der Waals surface area contributed by atoms with Crippen molar-refractivity contribution < 1.29 is 14.7 Å². The zero-order valence-electron chi connectivity index (χ0n) is 15.4. The van der Waals surface area contributed by atoms with Gasteiger partial charge in [-0.1, -0.05) is 5.21 Å². The van der Waals surface area contributed by atoms with E-state index in [4.69, 9.17) is 5.11 Å². The highest BCUT2D eigenvalue weighted by atomic mass is 16.4. The van der Waals surface area contributed by atoms with Crippen LogP contribution in [0.2, 0.25) is 0 Å². The van der Waals surface area contributed by atoms with Crippen LogP contribution in [-0.4, -0.2) is 44.6 Å². The molecular formula is C19H27N5O3. The van der Waals surface area contributed by atoms with Gasteiger partial charge in [0.15, 0.2) is 0 Å². The Kier molecular flexibility index (Phi) is 4.00. The van der Waals surface area contributed by atoms with Gasteiger partial charge in [-0.05, 0) is 62.7 Å². The zero-order chi connectivity index (χ0) is 18.6. The molecule has 4 bridgehead atoms. The topological polar surface area (TPSA) is 109 Å². The molecule has 2 heterocycles. The summed E-state index contributed by atoms with van der Waals surface area (Å²) < 4.78 is 1.72. The van der Waals surface area contributed by atoms with E-state index in [9.17, 15) is 9.59 Å². The summed E-state index contributed by atoms with van der Waals surface area (Å²) in [4.78, 5) is 24.1.